The highest BCUT2D eigenvalue weighted by atomic mass is 32.2. The minimum Gasteiger partial charge on any atom is -0.494 e. The molecule has 0 aliphatic rings. The predicted molar refractivity (Wildman–Crippen MR) is 115 cm³/mol. The molecule has 29 heavy (non-hydrogen) atoms. The highest BCUT2D eigenvalue weighted by Crippen LogP contribution is 2.29. The lowest BCUT2D eigenvalue weighted by Gasteiger charge is -2.13. The number of amides is 1. The summed E-state index contributed by atoms with van der Waals surface area (Å²) < 4.78 is 32.3. The highest BCUT2D eigenvalue weighted by Gasteiger charge is 2.18. The lowest BCUT2D eigenvalue weighted by molar-refractivity contribution is 0.102. The molecule has 1 heterocycles. The summed E-state index contributed by atoms with van der Waals surface area (Å²) in [4.78, 5) is 17.2. The highest BCUT2D eigenvalue weighted by molar-refractivity contribution is 7.98. The first kappa shape index (κ1) is 20.7. The maximum Gasteiger partial charge on any atom is 0.274 e. The SMILES string of the molecule is COc1cc(NC(=O)c2cnc(SC)n2-c2ccccc2)ccc1NS(C)(=O)=O. The van der Waals surface area contributed by atoms with E-state index < -0.39 is 10.0 Å². The topological polar surface area (TPSA) is 102 Å². The van der Waals surface area contributed by atoms with Gasteiger partial charge in [-0.05, 0) is 30.5 Å². The Labute approximate surface area is 173 Å². The van der Waals surface area contributed by atoms with Crippen molar-refractivity contribution in [3.05, 3.63) is 60.4 Å². The number of carbonyl (C=O) groups is 1. The van der Waals surface area contributed by atoms with Crippen LogP contribution in [0, 0.1) is 0 Å². The molecule has 3 aromatic rings. The van der Waals surface area contributed by atoms with E-state index in [1.54, 1.807) is 16.7 Å². The maximum absolute atomic E-state index is 12.9. The van der Waals surface area contributed by atoms with E-state index in [1.165, 1.54) is 31.1 Å². The number of nitrogens with zero attached hydrogens (tertiary/aromatic N) is 2. The van der Waals surface area contributed by atoms with Crippen LogP contribution < -0.4 is 14.8 Å². The molecule has 1 aromatic heterocycles. The Balaban J connectivity index is 1.91. The third-order valence-electron chi connectivity index (χ3n) is 3.91. The molecule has 2 N–H and O–H groups in total. The van der Waals surface area contributed by atoms with Gasteiger partial charge in [0.25, 0.3) is 5.91 Å². The molecule has 1 amide bonds. The van der Waals surface area contributed by atoms with Gasteiger partial charge in [-0.2, -0.15) is 0 Å². The van der Waals surface area contributed by atoms with Crippen molar-refractivity contribution < 1.29 is 17.9 Å². The average molecular weight is 433 g/mol. The van der Waals surface area contributed by atoms with Crippen molar-refractivity contribution >= 4 is 39.1 Å². The van der Waals surface area contributed by atoms with Crippen LogP contribution in [0.2, 0.25) is 0 Å². The van der Waals surface area contributed by atoms with E-state index in [0.717, 1.165) is 11.9 Å². The minimum absolute atomic E-state index is 0.284. The third-order valence-corrected chi connectivity index (χ3v) is 5.16. The van der Waals surface area contributed by atoms with Gasteiger partial charge in [0.1, 0.15) is 11.4 Å². The molecule has 0 aliphatic heterocycles. The first-order valence-corrected chi connectivity index (χ1v) is 11.6. The Morgan fingerprint density at radius 2 is 1.90 bits per heavy atom. The van der Waals surface area contributed by atoms with Crippen LogP contribution in [0.1, 0.15) is 10.5 Å². The average Bonchev–Trinajstić information content (AvgIpc) is 3.13. The molecule has 0 fully saturated rings. The summed E-state index contributed by atoms with van der Waals surface area (Å²) in [6.45, 7) is 0. The number of hydrogen-bond acceptors (Lipinski definition) is 6. The van der Waals surface area contributed by atoms with E-state index in [9.17, 15) is 13.2 Å². The number of methoxy groups -OCH3 is 1. The summed E-state index contributed by atoms with van der Waals surface area (Å²) in [7, 11) is -2.04. The summed E-state index contributed by atoms with van der Waals surface area (Å²) in [5.41, 5.74) is 1.94. The van der Waals surface area contributed by atoms with Gasteiger partial charge in [-0.1, -0.05) is 30.0 Å². The molecule has 3 rings (SSSR count). The van der Waals surface area contributed by atoms with Crippen LogP contribution in [0.5, 0.6) is 5.75 Å². The molecule has 0 spiro atoms. The molecule has 10 heteroatoms. The van der Waals surface area contributed by atoms with Crippen LogP contribution in [0.4, 0.5) is 11.4 Å². The zero-order valence-corrected chi connectivity index (χ0v) is 17.7. The Hall–Kier alpha value is -2.98. The first-order chi connectivity index (χ1) is 13.8. The van der Waals surface area contributed by atoms with Gasteiger partial charge in [-0.15, -0.1) is 0 Å². The zero-order valence-electron chi connectivity index (χ0n) is 16.0. The van der Waals surface area contributed by atoms with Gasteiger partial charge in [0, 0.05) is 17.4 Å². The fraction of sp³-hybridized carbons (Fsp3) is 0.158. The monoisotopic (exact) mass is 432 g/mol. The van der Waals surface area contributed by atoms with Gasteiger partial charge in [-0.3, -0.25) is 14.1 Å². The normalized spacial score (nSPS) is 11.1. The number of rotatable bonds is 7. The Morgan fingerprint density at radius 3 is 2.52 bits per heavy atom. The molecular weight excluding hydrogens is 412 g/mol. The number of ether oxygens (including phenoxy) is 1. The Kier molecular flexibility index (Phi) is 6.14. The molecule has 0 radical (unpaired) electrons. The van der Waals surface area contributed by atoms with Crippen LogP contribution in [-0.2, 0) is 10.0 Å². The molecule has 8 nitrogen and oxygen atoms in total. The summed E-state index contributed by atoms with van der Waals surface area (Å²) in [6, 6.07) is 14.1. The number of hydrogen-bond donors (Lipinski definition) is 2. The summed E-state index contributed by atoms with van der Waals surface area (Å²) in [6.07, 6.45) is 4.46. The van der Waals surface area contributed by atoms with Crippen LogP contribution in [0.15, 0.2) is 59.9 Å². The lowest BCUT2D eigenvalue weighted by atomic mass is 10.2. The summed E-state index contributed by atoms with van der Waals surface area (Å²) >= 11 is 1.43. The summed E-state index contributed by atoms with van der Waals surface area (Å²) in [5, 5.41) is 3.49. The van der Waals surface area contributed by atoms with Gasteiger partial charge >= 0.3 is 0 Å². The second-order valence-corrected chi connectivity index (χ2v) is 8.57. The Bertz CT molecular complexity index is 1130. The first-order valence-electron chi connectivity index (χ1n) is 8.46. The summed E-state index contributed by atoms with van der Waals surface area (Å²) in [5.74, 6) is -0.0675. The predicted octanol–water partition coefficient (Wildman–Crippen LogP) is 3.23. The number of aromatic nitrogens is 2. The second-order valence-electron chi connectivity index (χ2n) is 6.04. The third kappa shape index (κ3) is 4.90. The van der Waals surface area contributed by atoms with Crippen LogP contribution in [-0.4, -0.2) is 43.5 Å². The molecule has 2 aromatic carbocycles. The maximum atomic E-state index is 12.9. The van der Waals surface area contributed by atoms with Crippen molar-refractivity contribution in [3.63, 3.8) is 0 Å². The van der Waals surface area contributed by atoms with Gasteiger partial charge < -0.3 is 10.1 Å². The lowest BCUT2D eigenvalue weighted by Crippen LogP contribution is -2.17. The molecular formula is C19H20N4O4S2. The zero-order chi connectivity index (χ0) is 21.0. The van der Waals surface area contributed by atoms with Crippen molar-refractivity contribution in [2.45, 2.75) is 5.16 Å². The van der Waals surface area contributed by atoms with Gasteiger partial charge in [0.15, 0.2) is 5.16 Å². The Morgan fingerprint density at radius 1 is 1.17 bits per heavy atom. The quantitative estimate of drug-likeness (QED) is 0.556. The smallest absolute Gasteiger partial charge is 0.274 e. The van der Waals surface area contributed by atoms with Crippen molar-refractivity contribution in [3.8, 4) is 11.4 Å². The standard InChI is InChI=1S/C19H20N4O4S2/c1-27-17-11-13(9-10-15(17)22-29(3,25)26)21-18(24)16-12-20-19(28-2)23(16)14-7-5-4-6-8-14/h4-12,22H,1-3H3,(H,21,24). The minimum atomic E-state index is -3.46. The van der Waals surface area contributed by atoms with E-state index in [-0.39, 0.29) is 17.3 Å². The fourth-order valence-corrected chi connectivity index (χ4v) is 3.83. The van der Waals surface area contributed by atoms with Crippen molar-refractivity contribution in [1.82, 2.24) is 9.55 Å². The number of para-hydroxylation sites is 1. The van der Waals surface area contributed by atoms with Crippen LogP contribution >= 0.6 is 11.8 Å². The molecule has 0 unspecified atom stereocenters. The van der Waals surface area contributed by atoms with E-state index in [4.69, 9.17) is 4.74 Å². The van der Waals surface area contributed by atoms with Crippen molar-refractivity contribution in [2.75, 3.05) is 29.7 Å². The van der Waals surface area contributed by atoms with E-state index >= 15 is 0 Å². The van der Waals surface area contributed by atoms with Crippen molar-refractivity contribution in [1.29, 1.82) is 0 Å². The van der Waals surface area contributed by atoms with Crippen molar-refractivity contribution in [2.24, 2.45) is 0 Å². The number of nitrogens with one attached hydrogen (secondary N) is 2. The molecule has 152 valence electrons. The van der Waals surface area contributed by atoms with Gasteiger partial charge in [-0.25, -0.2) is 13.4 Å². The van der Waals surface area contributed by atoms with E-state index in [0.29, 0.717) is 16.5 Å². The number of thioether (sulfide) groups is 1. The molecule has 0 saturated carbocycles. The largest absolute Gasteiger partial charge is 0.494 e. The molecule has 0 bridgehead atoms. The van der Waals surface area contributed by atoms with Gasteiger partial charge in [0.2, 0.25) is 10.0 Å². The van der Waals surface area contributed by atoms with E-state index in [2.05, 4.69) is 15.0 Å². The molecule has 0 saturated heterocycles. The number of anilines is 2. The second kappa shape index (κ2) is 8.58. The number of benzene rings is 2. The number of imidazole rings is 1. The van der Waals surface area contributed by atoms with Crippen LogP contribution in [0.3, 0.4) is 0 Å². The van der Waals surface area contributed by atoms with E-state index in [1.807, 2.05) is 36.6 Å². The number of carbonyl (C=O) groups excluding carboxylic acids is 1. The van der Waals surface area contributed by atoms with Crippen LogP contribution in [0.25, 0.3) is 5.69 Å². The van der Waals surface area contributed by atoms with Gasteiger partial charge in [0.05, 0.1) is 25.2 Å². The molecule has 0 aliphatic carbocycles. The molecule has 0 atom stereocenters. The number of sulfonamides is 1. The fourth-order valence-electron chi connectivity index (χ4n) is 2.71.